The van der Waals surface area contributed by atoms with E-state index < -0.39 is 11.5 Å². The van der Waals surface area contributed by atoms with Gasteiger partial charge < -0.3 is 14.2 Å². The minimum Gasteiger partial charge on any atom is -0.373 e. The Kier molecular flexibility index (Phi) is 4.08. The molecule has 0 saturated carbocycles. The molecule has 0 aromatic heterocycles. The van der Waals surface area contributed by atoms with Gasteiger partial charge in [-0.15, -0.1) is 0 Å². The molecule has 5 atom stereocenters. The van der Waals surface area contributed by atoms with Crippen molar-refractivity contribution in [1.29, 1.82) is 0 Å². The summed E-state index contributed by atoms with van der Waals surface area (Å²) in [7, 11) is 1.49. The number of rotatable bonds is 5. The number of Topliss-reactive ketones (excluding diaryl/α,β-unsaturated/α-hetero) is 2. The monoisotopic (exact) mass is 270 g/mol. The van der Waals surface area contributed by atoms with E-state index in [0.717, 1.165) is 12.8 Å². The fourth-order valence-corrected chi connectivity index (χ4v) is 3.44. The first kappa shape index (κ1) is 14.6. The van der Waals surface area contributed by atoms with Crippen molar-refractivity contribution in [3.8, 4) is 0 Å². The van der Waals surface area contributed by atoms with E-state index in [9.17, 15) is 9.59 Å². The lowest BCUT2D eigenvalue weighted by Gasteiger charge is -2.44. The molecule has 108 valence electrons. The molecule has 2 bridgehead atoms. The molecule has 5 heteroatoms. The molecule has 0 amide bonds. The van der Waals surface area contributed by atoms with Crippen molar-refractivity contribution in [1.82, 2.24) is 0 Å². The van der Waals surface area contributed by atoms with Gasteiger partial charge in [-0.05, 0) is 26.7 Å². The van der Waals surface area contributed by atoms with E-state index in [0.29, 0.717) is 0 Å². The molecule has 2 saturated heterocycles. The first-order chi connectivity index (χ1) is 8.92. The van der Waals surface area contributed by atoms with Crippen LogP contribution in [-0.2, 0) is 23.8 Å². The summed E-state index contributed by atoms with van der Waals surface area (Å²) in [5, 5.41) is 0. The van der Waals surface area contributed by atoms with Crippen LogP contribution < -0.4 is 0 Å². The van der Waals surface area contributed by atoms with E-state index in [2.05, 4.69) is 0 Å². The molecule has 0 unspecified atom stereocenters. The van der Waals surface area contributed by atoms with Crippen LogP contribution >= 0.6 is 0 Å². The number of fused-ring (bicyclic) bond motifs is 2. The zero-order chi connectivity index (χ0) is 14.2. The Balaban J connectivity index is 2.31. The van der Waals surface area contributed by atoms with Crippen molar-refractivity contribution in [3.63, 3.8) is 0 Å². The Morgan fingerprint density at radius 2 is 2.21 bits per heavy atom. The average molecular weight is 270 g/mol. The number of hydrogen-bond donors (Lipinski definition) is 0. The number of ether oxygens (including phenoxy) is 3. The minimum atomic E-state index is -0.906. The molecule has 0 aliphatic carbocycles. The van der Waals surface area contributed by atoms with Crippen LogP contribution in [0.2, 0.25) is 0 Å². The van der Waals surface area contributed by atoms with Crippen LogP contribution in [0.1, 0.15) is 33.6 Å². The van der Waals surface area contributed by atoms with E-state index in [4.69, 9.17) is 14.2 Å². The molecule has 2 fully saturated rings. The molecule has 0 spiro atoms. The normalized spacial score (nSPS) is 39.4. The van der Waals surface area contributed by atoms with E-state index in [1.807, 2.05) is 6.92 Å². The van der Waals surface area contributed by atoms with Crippen molar-refractivity contribution in [2.75, 3.05) is 13.9 Å². The second-order valence-corrected chi connectivity index (χ2v) is 5.74. The quantitative estimate of drug-likeness (QED) is 0.705. The summed E-state index contributed by atoms with van der Waals surface area (Å²) >= 11 is 0. The molecule has 2 rings (SSSR count). The highest BCUT2D eigenvalue weighted by Crippen LogP contribution is 2.47. The third kappa shape index (κ3) is 2.24. The largest absolute Gasteiger partial charge is 0.373 e. The maximum Gasteiger partial charge on any atom is 0.159 e. The number of carbonyl (C=O) groups excluding carboxylic acids is 2. The summed E-state index contributed by atoms with van der Waals surface area (Å²) in [4.78, 5) is 24.6. The molecule has 2 aliphatic rings. The maximum absolute atomic E-state index is 12.7. The smallest absolute Gasteiger partial charge is 0.159 e. The maximum atomic E-state index is 12.7. The molecule has 2 aliphatic heterocycles. The number of ketones is 2. The highest BCUT2D eigenvalue weighted by atomic mass is 16.7. The van der Waals surface area contributed by atoms with Gasteiger partial charge in [-0.2, -0.15) is 0 Å². The van der Waals surface area contributed by atoms with Crippen LogP contribution in [0.5, 0.6) is 0 Å². The van der Waals surface area contributed by atoms with Crippen molar-refractivity contribution in [3.05, 3.63) is 0 Å². The summed E-state index contributed by atoms with van der Waals surface area (Å²) in [5.41, 5.74) is -0.906. The summed E-state index contributed by atoms with van der Waals surface area (Å²) in [6.07, 6.45) is 0.651. The predicted octanol–water partition coefficient (Wildman–Crippen LogP) is 1.34. The van der Waals surface area contributed by atoms with Gasteiger partial charge in [-0.3, -0.25) is 9.59 Å². The number of hydrogen-bond acceptors (Lipinski definition) is 5. The molecular formula is C14H22O5. The zero-order valence-electron chi connectivity index (χ0n) is 12.0. The van der Waals surface area contributed by atoms with Crippen molar-refractivity contribution >= 4 is 11.6 Å². The Labute approximate surface area is 113 Å². The van der Waals surface area contributed by atoms with Crippen molar-refractivity contribution in [2.45, 2.75) is 51.9 Å². The summed E-state index contributed by atoms with van der Waals surface area (Å²) in [6.45, 7) is 5.11. The first-order valence-electron chi connectivity index (χ1n) is 6.73. The molecule has 0 N–H and O–H groups in total. The molecule has 19 heavy (non-hydrogen) atoms. The molecule has 5 nitrogen and oxygen atoms in total. The fourth-order valence-electron chi connectivity index (χ4n) is 3.44. The van der Waals surface area contributed by atoms with Crippen molar-refractivity contribution < 1.29 is 23.8 Å². The molecule has 0 aromatic rings. The van der Waals surface area contributed by atoms with Crippen LogP contribution in [0.3, 0.4) is 0 Å². The van der Waals surface area contributed by atoms with Crippen LogP contribution in [0.25, 0.3) is 0 Å². The first-order valence-corrected chi connectivity index (χ1v) is 6.73. The lowest BCUT2D eigenvalue weighted by molar-refractivity contribution is -0.193. The summed E-state index contributed by atoms with van der Waals surface area (Å²) in [5.74, 6) is -0.270. The van der Waals surface area contributed by atoms with Gasteiger partial charge in [0.1, 0.15) is 18.7 Å². The minimum absolute atomic E-state index is 0.000563. The van der Waals surface area contributed by atoms with Gasteiger partial charge >= 0.3 is 0 Å². The van der Waals surface area contributed by atoms with E-state index in [1.165, 1.54) is 14.0 Å². The van der Waals surface area contributed by atoms with Gasteiger partial charge in [-0.1, -0.05) is 6.92 Å². The van der Waals surface area contributed by atoms with E-state index in [-0.39, 0.29) is 36.5 Å². The van der Waals surface area contributed by atoms with Gasteiger partial charge in [-0.25, -0.2) is 0 Å². The highest BCUT2D eigenvalue weighted by molar-refractivity contribution is 5.95. The fraction of sp³-hybridized carbons (Fsp3) is 0.857. The number of methoxy groups -OCH3 is 1. The van der Waals surface area contributed by atoms with Crippen LogP contribution in [0.15, 0.2) is 0 Å². The van der Waals surface area contributed by atoms with Crippen LogP contribution in [0, 0.1) is 11.3 Å². The SMILES string of the molecule is COCO[C@@H](C(C)=O)[C@]1(C)C(=O)[C@@H](C)[C@H]2CC[C@@H]1O2. The van der Waals surface area contributed by atoms with Crippen LogP contribution in [-0.4, -0.2) is 43.8 Å². The average Bonchev–Trinajstić information content (AvgIpc) is 2.83. The Morgan fingerprint density at radius 3 is 2.79 bits per heavy atom. The van der Waals surface area contributed by atoms with Gasteiger partial charge in [0.25, 0.3) is 0 Å². The zero-order valence-corrected chi connectivity index (χ0v) is 12.0. The Bertz CT molecular complexity index is 380. The van der Waals surface area contributed by atoms with Gasteiger partial charge in [0.2, 0.25) is 0 Å². The van der Waals surface area contributed by atoms with E-state index >= 15 is 0 Å². The summed E-state index contributed by atoms with van der Waals surface area (Å²) < 4.78 is 16.3. The molecular weight excluding hydrogens is 248 g/mol. The third-order valence-corrected chi connectivity index (χ3v) is 4.49. The standard InChI is InChI=1S/C14H22O5/c1-8-10-5-6-11(19-10)14(3,12(8)16)13(9(2)15)18-7-17-4/h8,10-11,13H,5-7H2,1-4H3/t8-,10+,11-,13-,14-/m0/s1. The lowest BCUT2D eigenvalue weighted by atomic mass is 9.69. The topological polar surface area (TPSA) is 61.8 Å². The number of carbonyl (C=O) groups is 2. The third-order valence-electron chi connectivity index (χ3n) is 4.49. The van der Waals surface area contributed by atoms with Gasteiger partial charge in [0.05, 0.1) is 17.6 Å². The van der Waals surface area contributed by atoms with E-state index in [1.54, 1.807) is 6.92 Å². The van der Waals surface area contributed by atoms with Gasteiger partial charge in [0.15, 0.2) is 5.78 Å². The van der Waals surface area contributed by atoms with Crippen LogP contribution in [0.4, 0.5) is 0 Å². The lowest BCUT2D eigenvalue weighted by Crippen LogP contribution is -2.58. The Morgan fingerprint density at radius 1 is 1.53 bits per heavy atom. The van der Waals surface area contributed by atoms with Crippen molar-refractivity contribution in [2.24, 2.45) is 11.3 Å². The molecule has 0 aromatic carbocycles. The summed E-state index contributed by atoms with van der Waals surface area (Å²) in [6, 6.07) is 0. The molecule has 2 heterocycles. The Hall–Kier alpha value is -0.780. The molecule has 0 radical (unpaired) electrons. The highest BCUT2D eigenvalue weighted by Gasteiger charge is 2.59. The van der Waals surface area contributed by atoms with Gasteiger partial charge in [0, 0.05) is 13.0 Å². The second-order valence-electron chi connectivity index (χ2n) is 5.74. The predicted molar refractivity (Wildman–Crippen MR) is 67.6 cm³/mol. The second kappa shape index (κ2) is 5.31.